The maximum absolute atomic E-state index is 12.2. The summed E-state index contributed by atoms with van der Waals surface area (Å²) in [5.41, 5.74) is 17.4. The molecule has 10 aliphatic rings. The van der Waals surface area contributed by atoms with Crippen LogP contribution in [-0.4, -0.2) is 96.4 Å². The Morgan fingerprint density at radius 2 is 0.973 bits per heavy atom. The molecule has 1 fully saturated rings. The third-order valence-electron chi connectivity index (χ3n) is 26.7. The van der Waals surface area contributed by atoms with Crippen molar-refractivity contribution in [3.63, 3.8) is 0 Å². The number of methoxy groups -OCH3 is 7. The smallest absolute Gasteiger partial charge is 1.00 e. The molecular formula is C97H122LiNO14. The van der Waals surface area contributed by atoms with Gasteiger partial charge in [-0.25, -0.2) is 0 Å². The summed E-state index contributed by atoms with van der Waals surface area (Å²) in [6.07, 6.45) is 25.2. The molecule has 6 aromatic carbocycles. The van der Waals surface area contributed by atoms with E-state index in [0.29, 0.717) is 55.5 Å². The molecule has 10 aliphatic carbocycles. The van der Waals surface area contributed by atoms with Crippen molar-refractivity contribution < 1.29 is 87.0 Å². The van der Waals surface area contributed by atoms with Gasteiger partial charge in [0.2, 0.25) is 0 Å². The van der Waals surface area contributed by atoms with E-state index in [9.17, 15) is 33.6 Å². The molecule has 15 nitrogen and oxygen atoms in total. The van der Waals surface area contributed by atoms with Crippen LogP contribution >= 0.6 is 0 Å². The molecule has 16 rings (SSSR count). The minimum atomic E-state index is -0.287. The van der Waals surface area contributed by atoms with Crippen LogP contribution in [0.5, 0.6) is 34.5 Å². The maximum atomic E-state index is 12.2. The molecule has 0 aliphatic heterocycles. The fourth-order valence-corrected chi connectivity index (χ4v) is 19.6. The van der Waals surface area contributed by atoms with Crippen molar-refractivity contribution in [2.75, 3.05) is 49.8 Å². The molecule has 0 spiro atoms. The third kappa shape index (κ3) is 18.7. The van der Waals surface area contributed by atoms with Crippen molar-refractivity contribution in [2.45, 2.75) is 218 Å². The third-order valence-corrected chi connectivity index (χ3v) is 26.7. The molecule has 10 atom stereocenters. The van der Waals surface area contributed by atoms with Crippen LogP contribution in [0.15, 0.2) is 157 Å². The zero-order valence-corrected chi connectivity index (χ0v) is 70.6. The van der Waals surface area contributed by atoms with Gasteiger partial charge in [0.15, 0.2) is 34.7 Å². The van der Waals surface area contributed by atoms with E-state index in [0.717, 1.165) is 140 Å². The predicted octanol–water partition coefficient (Wildman–Crippen LogP) is 16.4. The second kappa shape index (κ2) is 38.2. The molecule has 0 radical (unpaired) electrons. The Labute approximate surface area is 685 Å². The summed E-state index contributed by atoms with van der Waals surface area (Å²) >= 11 is 0. The first-order chi connectivity index (χ1) is 52.9. The Kier molecular flexibility index (Phi) is 30.3. The number of ketones is 7. The molecule has 0 aromatic heterocycles. The predicted molar refractivity (Wildman–Crippen MR) is 445 cm³/mol. The van der Waals surface area contributed by atoms with Gasteiger partial charge in [-0.05, 0) is 265 Å². The van der Waals surface area contributed by atoms with Gasteiger partial charge < -0.3 is 40.7 Å². The molecule has 0 amide bonds. The van der Waals surface area contributed by atoms with Crippen molar-refractivity contribution >= 4 is 40.5 Å². The van der Waals surface area contributed by atoms with Crippen LogP contribution in [-0.2, 0) is 93.7 Å². The van der Waals surface area contributed by atoms with Crippen LogP contribution < -0.4 is 53.4 Å². The van der Waals surface area contributed by atoms with Crippen LogP contribution in [0.4, 0.5) is 0 Å². The number of Topliss-reactive ketones (excluding diaryl/α,β-unsaturated/α-hetero) is 4. The van der Waals surface area contributed by atoms with Crippen LogP contribution in [0, 0.1) is 29.1 Å². The Balaban J connectivity index is 0.000000187. The summed E-state index contributed by atoms with van der Waals surface area (Å²) in [5.74, 6) is 8.24. The molecule has 113 heavy (non-hydrogen) atoms. The molecular weight excluding hydrogens is 1410 g/mol. The number of benzene rings is 6. The normalized spacial score (nSPS) is 25.7. The largest absolute Gasteiger partial charge is 1.00 e. The van der Waals surface area contributed by atoms with E-state index < -0.39 is 0 Å². The summed E-state index contributed by atoms with van der Waals surface area (Å²) in [6.45, 7) is 24.4. The van der Waals surface area contributed by atoms with Crippen LogP contribution in [0.2, 0.25) is 0 Å². The monoisotopic (exact) mass is 1530 g/mol. The first kappa shape index (κ1) is 89.8. The first-order valence-electron chi connectivity index (χ1n) is 40.0. The number of ether oxygens (including phenoxy) is 7. The van der Waals surface area contributed by atoms with E-state index in [1.807, 2.05) is 75.4 Å². The van der Waals surface area contributed by atoms with Gasteiger partial charge >= 0.3 is 18.9 Å². The number of hydrogen-bond donors (Lipinski definition) is 1. The van der Waals surface area contributed by atoms with Gasteiger partial charge in [-0.2, -0.15) is 0 Å². The molecule has 5 unspecified atom stereocenters. The fraction of sp³-hybridized carbons (Fsp3) is 0.474. The summed E-state index contributed by atoms with van der Waals surface area (Å²) < 4.78 is 37.3. The van der Waals surface area contributed by atoms with Crippen molar-refractivity contribution in [2.24, 2.45) is 29.1 Å². The van der Waals surface area contributed by atoms with Gasteiger partial charge in [-0.1, -0.05) is 123 Å². The van der Waals surface area contributed by atoms with Gasteiger partial charge in [-0.3, -0.25) is 33.6 Å². The number of carbonyl (C=O) groups is 7. The summed E-state index contributed by atoms with van der Waals surface area (Å²) in [5, 5.41) is 0. The number of hydrogen-bond acceptors (Lipinski definition) is 15. The summed E-state index contributed by atoms with van der Waals surface area (Å²) in [6, 6.07) is 37.2. The average molecular weight is 1530 g/mol. The van der Waals surface area contributed by atoms with E-state index in [1.165, 1.54) is 61.7 Å². The fourth-order valence-electron chi connectivity index (χ4n) is 19.6. The molecule has 0 saturated heterocycles. The molecule has 3 N–H and O–H groups in total. The van der Waals surface area contributed by atoms with Gasteiger partial charge in [0.1, 0.15) is 46.4 Å². The van der Waals surface area contributed by atoms with Gasteiger partial charge in [0.25, 0.3) is 0 Å². The van der Waals surface area contributed by atoms with E-state index in [4.69, 9.17) is 33.2 Å². The zero-order chi connectivity index (χ0) is 80.5. The van der Waals surface area contributed by atoms with E-state index in [2.05, 4.69) is 122 Å². The van der Waals surface area contributed by atoms with Crippen molar-refractivity contribution in [1.29, 1.82) is 0 Å². The minimum absolute atomic E-state index is 0. The van der Waals surface area contributed by atoms with E-state index >= 15 is 0 Å². The molecule has 0 heterocycles. The molecule has 0 bridgehead atoms. The van der Waals surface area contributed by atoms with Gasteiger partial charge in [0, 0.05) is 84.2 Å². The van der Waals surface area contributed by atoms with Crippen LogP contribution in [0.1, 0.15) is 225 Å². The Hall–Kier alpha value is -8.71. The Morgan fingerprint density at radius 3 is 1.52 bits per heavy atom. The zero-order valence-electron chi connectivity index (χ0n) is 71.6. The standard InChI is InChI=1S/C18H22O2.C17H22O3.2C17H20O2.C12H14O2.C11H12O2.C5H8O.Li.H3N.H/c1-17(2)15-8-6-12-5-7-13(20-4)11-14(12)18(15,3)10-9-16(17)19;1-17-9-8-15(18)16(20-3)13(17)7-5-11-4-6-12(19-2)10-14(11)17;2*1-11-14-7-5-12-4-6-13(19-3)10-15(12)17(14,2)9-8-16(11)18;1-8-11-7-10(14-2)5-3-9(11)4-6-12(8)13;1-13-9-6-5-8-3-2-4-11(12)10(8)7-9;1-3-5(6)4-2;;;/h5,7,9-11,15H,6,8H2,1-4H3;4,6,10,13,16H,5,7-9H2,1-3H3;4,6,10H,5,7-9H2,1-3H3;4,6,8-11,14H,5,7H2,1-3H3;3,5,7-8H,4,6H2,1-2H3;5-7H,2-4H2,1H3;3H,1,4H2,2H3;;1H3;/q;;;;;;;+1;;-1/t15-,18?;13-,16-,17?;;11-,14-,17?;;;;;;/m00.0....../s1. The minimum Gasteiger partial charge on any atom is -1.00 e. The van der Waals surface area contributed by atoms with Crippen LogP contribution in [0.3, 0.4) is 0 Å². The van der Waals surface area contributed by atoms with Crippen molar-refractivity contribution in [3.8, 4) is 34.5 Å². The summed E-state index contributed by atoms with van der Waals surface area (Å²) in [4.78, 5) is 81.3. The van der Waals surface area contributed by atoms with Gasteiger partial charge in [-0.15, -0.1) is 0 Å². The summed E-state index contributed by atoms with van der Waals surface area (Å²) in [7, 11) is 11.7. The van der Waals surface area contributed by atoms with Crippen molar-refractivity contribution in [3.05, 3.63) is 224 Å². The topological polar surface area (TPSA) is 219 Å². The number of rotatable bonds is 9. The Bertz CT molecular complexity index is 4620. The van der Waals surface area contributed by atoms with Gasteiger partial charge in [0.05, 0.1) is 42.7 Å². The van der Waals surface area contributed by atoms with E-state index in [-0.39, 0.29) is 106 Å². The molecule has 1 saturated carbocycles. The maximum Gasteiger partial charge on any atom is 1.00 e. The second-order valence-electron chi connectivity index (χ2n) is 33.0. The number of allylic oxidation sites excluding steroid dienone is 7. The number of fused-ring (bicyclic) bond motifs is 14. The SMILES string of the molecule is C=CC(=O)CC.COc1ccc2c(c1)C(=O)CCC2.COc1ccc2c(c1)C(C)C(=O)CC2.COc1ccc2c(c1)C1(C)C=CC(=O)C(C)(C)[C@@H]1CC2.COc1ccc2c(c1)C1(C)C=CC(=O)[C@@H](C)[C@@H]1CC2.COc1ccc2c(c1)C1(C)CCC(=O)C(C)=C1CC2.COc1ccc2c(c1)C1(C)CCC(=O)[C@@H](OC)[C@@H]1CC2.N.[H-].[Li+]. The van der Waals surface area contributed by atoms with Crippen molar-refractivity contribution in [1.82, 2.24) is 6.15 Å². The molecule has 600 valence electrons. The number of carbonyl (C=O) groups excluding carboxylic acids is 7. The molecule has 6 aromatic rings. The average Bonchev–Trinajstić information content (AvgIpc) is 0.741. The molecule has 16 heteroatoms. The second-order valence-corrected chi connectivity index (χ2v) is 33.0. The van der Waals surface area contributed by atoms with Crippen LogP contribution in [0.25, 0.3) is 0 Å². The number of aryl methyl sites for hydroxylation is 6. The Morgan fingerprint density at radius 1 is 0.496 bits per heavy atom. The quantitative estimate of drug-likeness (QED) is 0.105. The first-order valence-corrected chi connectivity index (χ1v) is 40.0. The van der Waals surface area contributed by atoms with E-state index in [1.54, 1.807) is 61.9 Å².